The van der Waals surface area contributed by atoms with Crippen molar-refractivity contribution < 1.29 is 0 Å². The molecule has 16 heavy (non-hydrogen) atoms. The summed E-state index contributed by atoms with van der Waals surface area (Å²) in [5.74, 6) is 0. The molecule has 0 aromatic heterocycles. The van der Waals surface area contributed by atoms with E-state index in [9.17, 15) is 0 Å². The molecule has 88 valence electrons. The first-order valence-electron chi connectivity index (χ1n) is 6.07. The third kappa shape index (κ3) is 1.76. The van der Waals surface area contributed by atoms with Gasteiger partial charge in [-0.1, -0.05) is 30.5 Å². The molecule has 0 amide bonds. The lowest BCUT2D eigenvalue weighted by atomic mass is 9.76. The van der Waals surface area contributed by atoms with Gasteiger partial charge in [-0.3, -0.25) is 0 Å². The molecule has 0 atom stereocenters. The highest BCUT2D eigenvalue weighted by Gasteiger charge is 2.37. The van der Waals surface area contributed by atoms with Gasteiger partial charge in [0.15, 0.2) is 0 Å². The molecule has 2 heteroatoms. The zero-order chi connectivity index (χ0) is 11.8. The second-order valence-electron chi connectivity index (χ2n) is 5.06. The highest BCUT2D eigenvalue weighted by Crippen LogP contribution is 2.45. The van der Waals surface area contributed by atoms with E-state index < -0.39 is 0 Å². The van der Waals surface area contributed by atoms with Crippen LogP contribution in [0.25, 0.3) is 0 Å². The molecule has 2 rings (SSSR count). The predicted molar refractivity (Wildman–Crippen MR) is 70.1 cm³/mol. The maximum Gasteiger partial charge on any atom is 0.0446 e. The standard InChI is InChI=1S/C14H20ClN/c1-10-5-6-12(15)13(11(10)2)14(9-16)7-3-4-8-14/h5-6H,3-4,7-9,16H2,1-2H3. The minimum atomic E-state index is 0.146. The van der Waals surface area contributed by atoms with Crippen molar-refractivity contribution in [2.45, 2.75) is 44.9 Å². The molecule has 1 fully saturated rings. The van der Waals surface area contributed by atoms with Crippen LogP contribution in [0, 0.1) is 13.8 Å². The first kappa shape index (κ1) is 11.9. The highest BCUT2D eigenvalue weighted by molar-refractivity contribution is 6.31. The summed E-state index contributed by atoms with van der Waals surface area (Å²) in [4.78, 5) is 0. The Bertz CT molecular complexity index is 392. The lowest BCUT2D eigenvalue weighted by Crippen LogP contribution is -2.33. The van der Waals surface area contributed by atoms with Gasteiger partial charge in [-0.2, -0.15) is 0 Å². The second-order valence-corrected chi connectivity index (χ2v) is 5.46. The molecule has 1 saturated carbocycles. The van der Waals surface area contributed by atoms with Crippen LogP contribution in [0.4, 0.5) is 0 Å². The van der Waals surface area contributed by atoms with E-state index in [2.05, 4.69) is 19.9 Å². The first-order valence-corrected chi connectivity index (χ1v) is 6.45. The summed E-state index contributed by atoms with van der Waals surface area (Å²) in [6.45, 7) is 5.04. The fourth-order valence-corrected chi connectivity index (χ4v) is 3.45. The Kier molecular flexibility index (Phi) is 3.27. The van der Waals surface area contributed by atoms with Gasteiger partial charge in [-0.15, -0.1) is 0 Å². The molecule has 0 radical (unpaired) electrons. The summed E-state index contributed by atoms with van der Waals surface area (Å²) in [7, 11) is 0. The SMILES string of the molecule is Cc1ccc(Cl)c(C2(CN)CCCC2)c1C. The van der Waals surface area contributed by atoms with Crippen LogP contribution < -0.4 is 5.73 Å². The monoisotopic (exact) mass is 237 g/mol. The Hall–Kier alpha value is -0.530. The maximum atomic E-state index is 6.39. The predicted octanol–water partition coefficient (Wildman–Crippen LogP) is 3.73. The van der Waals surface area contributed by atoms with Crippen LogP contribution in [0.5, 0.6) is 0 Å². The van der Waals surface area contributed by atoms with Gasteiger partial charge < -0.3 is 5.73 Å². The molecule has 0 spiro atoms. The molecule has 1 aliphatic rings. The Balaban J connectivity index is 2.57. The van der Waals surface area contributed by atoms with Crippen molar-refractivity contribution in [2.75, 3.05) is 6.54 Å². The van der Waals surface area contributed by atoms with Crippen LogP contribution in [-0.2, 0) is 5.41 Å². The molecular formula is C14H20ClN. The fraction of sp³-hybridized carbons (Fsp3) is 0.571. The third-order valence-electron chi connectivity index (χ3n) is 4.17. The summed E-state index contributed by atoms with van der Waals surface area (Å²) >= 11 is 6.39. The molecule has 0 heterocycles. The third-order valence-corrected chi connectivity index (χ3v) is 4.48. The van der Waals surface area contributed by atoms with E-state index in [-0.39, 0.29) is 5.41 Å². The molecule has 0 unspecified atom stereocenters. The average Bonchev–Trinajstić information content (AvgIpc) is 2.74. The van der Waals surface area contributed by atoms with E-state index in [0.717, 1.165) is 11.6 Å². The molecule has 1 aromatic carbocycles. The van der Waals surface area contributed by atoms with Crippen LogP contribution >= 0.6 is 11.6 Å². The number of hydrogen-bond donors (Lipinski definition) is 1. The Morgan fingerprint density at radius 3 is 2.44 bits per heavy atom. The zero-order valence-corrected chi connectivity index (χ0v) is 10.9. The van der Waals surface area contributed by atoms with Crippen molar-refractivity contribution in [3.63, 3.8) is 0 Å². The van der Waals surface area contributed by atoms with Gasteiger partial charge in [0, 0.05) is 17.0 Å². The molecule has 0 aliphatic heterocycles. The quantitative estimate of drug-likeness (QED) is 0.834. The lowest BCUT2D eigenvalue weighted by Gasteiger charge is -2.31. The van der Waals surface area contributed by atoms with Crippen LogP contribution in [0.3, 0.4) is 0 Å². The molecule has 0 saturated heterocycles. The number of nitrogens with two attached hydrogens (primary N) is 1. The van der Waals surface area contributed by atoms with Crippen LogP contribution in [0.1, 0.15) is 42.4 Å². The van der Waals surface area contributed by atoms with Crippen molar-refractivity contribution in [1.29, 1.82) is 0 Å². The smallest absolute Gasteiger partial charge is 0.0446 e. The van der Waals surface area contributed by atoms with Crippen LogP contribution in [0.2, 0.25) is 5.02 Å². The van der Waals surface area contributed by atoms with Crippen molar-refractivity contribution in [2.24, 2.45) is 5.73 Å². The zero-order valence-electron chi connectivity index (χ0n) is 10.1. The second kappa shape index (κ2) is 4.38. The molecule has 2 N–H and O–H groups in total. The number of aryl methyl sites for hydroxylation is 1. The van der Waals surface area contributed by atoms with Gasteiger partial charge in [-0.05, 0) is 49.4 Å². The van der Waals surface area contributed by atoms with E-state index >= 15 is 0 Å². The molecule has 0 bridgehead atoms. The highest BCUT2D eigenvalue weighted by atomic mass is 35.5. The Labute approximate surface area is 103 Å². The van der Waals surface area contributed by atoms with Crippen molar-refractivity contribution in [3.8, 4) is 0 Å². The number of rotatable bonds is 2. The van der Waals surface area contributed by atoms with Gasteiger partial charge in [0.1, 0.15) is 0 Å². The molecule has 1 aliphatic carbocycles. The maximum absolute atomic E-state index is 6.39. The van der Waals surface area contributed by atoms with Gasteiger partial charge in [0.05, 0.1) is 0 Å². The summed E-state index contributed by atoms with van der Waals surface area (Å²) < 4.78 is 0. The lowest BCUT2D eigenvalue weighted by molar-refractivity contribution is 0.450. The van der Waals surface area contributed by atoms with E-state index in [1.54, 1.807) is 0 Å². The van der Waals surface area contributed by atoms with E-state index in [0.29, 0.717) is 0 Å². The summed E-state index contributed by atoms with van der Waals surface area (Å²) in [5.41, 5.74) is 10.1. The van der Waals surface area contributed by atoms with Crippen molar-refractivity contribution in [3.05, 3.63) is 33.8 Å². The van der Waals surface area contributed by atoms with Gasteiger partial charge in [0.25, 0.3) is 0 Å². The molecular weight excluding hydrogens is 218 g/mol. The van der Waals surface area contributed by atoms with Crippen LogP contribution in [-0.4, -0.2) is 6.54 Å². The average molecular weight is 238 g/mol. The van der Waals surface area contributed by atoms with E-state index in [4.69, 9.17) is 17.3 Å². The topological polar surface area (TPSA) is 26.0 Å². The molecule has 1 aromatic rings. The van der Waals surface area contributed by atoms with Gasteiger partial charge in [-0.25, -0.2) is 0 Å². The Morgan fingerprint density at radius 2 is 1.88 bits per heavy atom. The van der Waals surface area contributed by atoms with Crippen LogP contribution in [0.15, 0.2) is 12.1 Å². The summed E-state index contributed by atoms with van der Waals surface area (Å²) in [6, 6.07) is 4.12. The summed E-state index contributed by atoms with van der Waals surface area (Å²) in [5, 5.41) is 0.899. The minimum absolute atomic E-state index is 0.146. The molecule has 1 nitrogen and oxygen atoms in total. The van der Waals surface area contributed by atoms with Gasteiger partial charge in [0.2, 0.25) is 0 Å². The van der Waals surface area contributed by atoms with Gasteiger partial charge >= 0.3 is 0 Å². The normalized spacial score (nSPS) is 19.0. The van der Waals surface area contributed by atoms with E-state index in [1.165, 1.54) is 42.4 Å². The number of benzene rings is 1. The first-order chi connectivity index (χ1) is 7.60. The minimum Gasteiger partial charge on any atom is -0.330 e. The number of hydrogen-bond acceptors (Lipinski definition) is 1. The summed E-state index contributed by atoms with van der Waals surface area (Å²) in [6.07, 6.45) is 4.93. The van der Waals surface area contributed by atoms with Crippen molar-refractivity contribution in [1.82, 2.24) is 0 Å². The van der Waals surface area contributed by atoms with E-state index in [1.807, 2.05) is 6.07 Å². The Morgan fingerprint density at radius 1 is 1.25 bits per heavy atom. The fourth-order valence-electron chi connectivity index (χ4n) is 3.04. The van der Waals surface area contributed by atoms with Crippen molar-refractivity contribution >= 4 is 11.6 Å². The largest absolute Gasteiger partial charge is 0.330 e. The number of halogens is 1.